The molecule has 1 amide bonds. The summed E-state index contributed by atoms with van der Waals surface area (Å²) in [5, 5.41) is 6.50. The summed E-state index contributed by atoms with van der Waals surface area (Å²) in [6.45, 7) is 0.411. The van der Waals surface area contributed by atoms with Gasteiger partial charge in [-0.3, -0.25) is 10.1 Å². The Morgan fingerprint density at radius 3 is 2.61 bits per heavy atom. The molecule has 31 heavy (non-hydrogen) atoms. The number of rotatable bonds is 5. The molecular formula is C24H18N2O4S. The number of hydrogen-bond acceptors (Lipinski definition) is 5. The van der Waals surface area contributed by atoms with Gasteiger partial charge >= 0.3 is 5.63 Å². The minimum atomic E-state index is -0.411. The minimum Gasteiger partial charge on any atom is -0.489 e. The van der Waals surface area contributed by atoms with E-state index in [9.17, 15) is 9.59 Å². The highest BCUT2D eigenvalue weighted by molar-refractivity contribution is 7.80. The summed E-state index contributed by atoms with van der Waals surface area (Å²) in [5.41, 5.74) is 2.19. The van der Waals surface area contributed by atoms with Gasteiger partial charge in [0.1, 0.15) is 17.9 Å². The van der Waals surface area contributed by atoms with Gasteiger partial charge in [0, 0.05) is 22.7 Å². The largest absolute Gasteiger partial charge is 0.489 e. The molecular weight excluding hydrogens is 412 g/mol. The van der Waals surface area contributed by atoms with Crippen LogP contribution in [0.4, 0.5) is 5.69 Å². The van der Waals surface area contributed by atoms with Crippen LogP contribution in [0.5, 0.6) is 5.75 Å². The van der Waals surface area contributed by atoms with Crippen LogP contribution in [0.3, 0.4) is 0 Å². The highest BCUT2D eigenvalue weighted by Gasteiger charge is 2.10. The van der Waals surface area contributed by atoms with Crippen molar-refractivity contribution in [1.29, 1.82) is 0 Å². The smallest absolute Gasteiger partial charge is 0.336 e. The Hall–Kier alpha value is -3.97. The normalized spacial score (nSPS) is 10.5. The molecule has 4 aromatic rings. The highest BCUT2D eigenvalue weighted by atomic mass is 32.1. The van der Waals surface area contributed by atoms with E-state index in [-0.39, 0.29) is 11.0 Å². The summed E-state index contributed by atoms with van der Waals surface area (Å²) in [5.74, 6) is 0.237. The van der Waals surface area contributed by atoms with Gasteiger partial charge in [0.05, 0.1) is 0 Å². The molecule has 4 rings (SSSR count). The van der Waals surface area contributed by atoms with Crippen LogP contribution < -0.4 is 21.0 Å². The maximum Gasteiger partial charge on any atom is 0.336 e. The van der Waals surface area contributed by atoms with E-state index in [4.69, 9.17) is 21.4 Å². The van der Waals surface area contributed by atoms with Crippen LogP contribution in [0.25, 0.3) is 11.0 Å². The number of carbonyl (C=O) groups excluding carboxylic acids is 1. The average molecular weight is 430 g/mol. The third-order valence-corrected chi connectivity index (χ3v) is 4.65. The summed E-state index contributed by atoms with van der Waals surface area (Å²) in [6.07, 6.45) is 0. The predicted molar refractivity (Wildman–Crippen MR) is 123 cm³/mol. The number of amides is 1. The second kappa shape index (κ2) is 9.23. The van der Waals surface area contributed by atoms with Gasteiger partial charge in [-0.15, -0.1) is 0 Å². The molecule has 0 saturated carbocycles. The lowest BCUT2D eigenvalue weighted by Gasteiger charge is -2.11. The molecule has 0 radical (unpaired) electrons. The van der Waals surface area contributed by atoms with E-state index in [1.165, 1.54) is 6.07 Å². The average Bonchev–Trinajstić information content (AvgIpc) is 2.78. The number of nitrogens with one attached hydrogen (secondary N) is 2. The molecule has 0 aliphatic carbocycles. The lowest BCUT2D eigenvalue weighted by atomic mass is 10.2. The van der Waals surface area contributed by atoms with Crippen LogP contribution in [0.1, 0.15) is 15.9 Å². The number of carbonyl (C=O) groups is 1. The Balaban J connectivity index is 1.38. The number of fused-ring (bicyclic) bond motifs is 1. The molecule has 7 heteroatoms. The molecule has 0 aliphatic heterocycles. The van der Waals surface area contributed by atoms with E-state index in [1.54, 1.807) is 48.5 Å². The van der Waals surface area contributed by atoms with Crippen molar-refractivity contribution in [2.75, 3.05) is 5.32 Å². The Morgan fingerprint density at radius 2 is 1.77 bits per heavy atom. The lowest BCUT2D eigenvalue weighted by molar-refractivity contribution is 0.0977. The fraction of sp³-hybridized carbons (Fsp3) is 0.0417. The molecule has 0 fully saturated rings. The fourth-order valence-electron chi connectivity index (χ4n) is 2.96. The van der Waals surface area contributed by atoms with Crippen molar-refractivity contribution >= 4 is 39.9 Å². The molecule has 0 bridgehead atoms. The molecule has 3 aromatic carbocycles. The van der Waals surface area contributed by atoms with Crippen LogP contribution in [0.15, 0.2) is 94.1 Å². The van der Waals surface area contributed by atoms with Crippen LogP contribution in [0, 0.1) is 0 Å². The van der Waals surface area contributed by atoms with E-state index in [0.717, 1.165) is 10.9 Å². The first-order valence-electron chi connectivity index (χ1n) is 9.50. The number of benzene rings is 3. The molecule has 1 aromatic heterocycles. The number of ether oxygens (including phenoxy) is 1. The van der Waals surface area contributed by atoms with Gasteiger partial charge in [-0.2, -0.15) is 0 Å². The van der Waals surface area contributed by atoms with Gasteiger partial charge in [0.25, 0.3) is 5.91 Å². The molecule has 6 nitrogen and oxygen atoms in total. The molecule has 154 valence electrons. The van der Waals surface area contributed by atoms with Gasteiger partial charge in [0.15, 0.2) is 5.11 Å². The first-order chi connectivity index (χ1) is 15.1. The van der Waals surface area contributed by atoms with Gasteiger partial charge in [-0.1, -0.05) is 36.4 Å². The number of anilines is 1. The van der Waals surface area contributed by atoms with Crippen molar-refractivity contribution in [3.05, 3.63) is 106 Å². The molecule has 0 unspecified atom stereocenters. The van der Waals surface area contributed by atoms with Gasteiger partial charge in [-0.05, 0) is 60.2 Å². The van der Waals surface area contributed by atoms with Crippen molar-refractivity contribution in [2.24, 2.45) is 0 Å². The zero-order valence-corrected chi connectivity index (χ0v) is 17.1. The summed E-state index contributed by atoms with van der Waals surface area (Å²) in [7, 11) is 0. The van der Waals surface area contributed by atoms with E-state index in [2.05, 4.69) is 10.6 Å². The molecule has 0 spiro atoms. The van der Waals surface area contributed by atoms with Crippen molar-refractivity contribution in [2.45, 2.75) is 6.61 Å². The quantitative estimate of drug-likeness (QED) is 0.359. The van der Waals surface area contributed by atoms with Gasteiger partial charge in [-0.25, -0.2) is 4.79 Å². The molecule has 1 heterocycles. The van der Waals surface area contributed by atoms with Crippen LogP contribution >= 0.6 is 12.2 Å². The maximum atomic E-state index is 12.6. The van der Waals surface area contributed by atoms with Crippen molar-refractivity contribution in [3.63, 3.8) is 0 Å². The summed E-state index contributed by atoms with van der Waals surface area (Å²) >= 11 is 5.26. The predicted octanol–water partition coefficient (Wildman–Crippen LogP) is 4.50. The first-order valence-corrected chi connectivity index (χ1v) is 9.91. The summed E-state index contributed by atoms with van der Waals surface area (Å²) < 4.78 is 10.9. The Bertz CT molecular complexity index is 1300. The van der Waals surface area contributed by atoms with E-state index < -0.39 is 5.63 Å². The molecule has 0 atom stereocenters. The molecule has 0 saturated heterocycles. The number of hydrogen-bond donors (Lipinski definition) is 2. The van der Waals surface area contributed by atoms with E-state index in [0.29, 0.717) is 29.2 Å². The second-order valence-electron chi connectivity index (χ2n) is 6.72. The lowest BCUT2D eigenvalue weighted by Crippen LogP contribution is -2.34. The first kappa shape index (κ1) is 20.3. The van der Waals surface area contributed by atoms with E-state index >= 15 is 0 Å². The van der Waals surface area contributed by atoms with Crippen molar-refractivity contribution in [1.82, 2.24) is 5.32 Å². The summed E-state index contributed by atoms with van der Waals surface area (Å²) in [6, 6.07) is 24.8. The minimum absolute atomic E-state index is 0.150. The zero-order valence-electron chi connectivity index (χ0n) is 16.3. The van der Waals surface area contributed by atoms with Crippen molar-refractivity contribution in [3.8, 4) is 5.75 Å². The third-order valence-electron chi connectivity index (χ3n) is 4.45. The second-order valence-corrected chi connectivity index (χ2v) is 7.13. The van der Waals surface area contributed by atoms with E-state index in [1.807, 2.05) is 30.3 Å². The Labute approximate surface area is 183 Å². The Morgan fingerprint density at radius 1 is 0.935 bits per heavy atom. The standard InChI is InChI=1S/C24H18N2O4S/c27-22-12-9-17-13-19(10-11-21(17)30-22)25-24(31)26-23(28)18-7-4-8-20(14-18)29-15-16-5-2-1-3-6-16/h1-14H,15H2,(H2,25,26,28,31). The number of thiocarbonyl (C=S) groups is 1. The topological polar surface area (TPSA) is 80.6 Å². The Kier molecular flexibility index (Phi) is 6.05. The maximum absolute atomic E-state index is 12.6. The van der Waals surface area contributed by atoms with Crippen LogP contribution in [-0.4, -0.2) is 11.0 Å². The van der Waals surface area contributed by atoms with Gasteiger partial charge < -0.3 is 14.5 Å². The zero-order chi connectivity index (χ0) is 21.6. The SMILES string of the molecule is O=C(NC(=S)Nc1ccc2oc(=O)ccc2c1)c1cccc(OCc2ccccc2)c1. The van der Waals surface area contributed by atoms with Crippen LogP contribution in [0.2, 0.25) is 0 Å². The van der Waals surface area contributed by atoms with Gasteiger partial charge in [0.2, 0.25) is 0 Å². The highest BCUT2D eigenvalue weighted by Crippen LogP contribution is 2.18. The monoisotopic (exact) mass is 430 g/mol. The van der Waals surface area contributed by atoms with Crippen molar-refractivity contribution < 1.29 is 13.9 Å². The molecule has 0 aliphatic rings. The van der Waals surface area contributed by atoms with Crippen LogP contribution in [-0.2, 0) is 6.61 Å². The fourth-order valence-corrected chi connectivity index (χ4v) is 3.17. The third kappa shape index (κ3) is 5.34. The summed E-state index contributed by atoms with van der Waals surface area (Å²) in [4.78, 5) is 23.9. The molecule has 2 N–H and O–H groups in total.